The van der Waals surface area contributed by atoms with Crippen molar-refractivity contribution in [3.63, 3.8) is 0 Å². The Labute approximate surface area is 160 Å². The molecule has 4 rings (SSSR count). The van der Waals surface area contributed by atoms with E-state index in [1.807, 2.05) is 43.3 Å². The van der Waals surface area contributed by atoms with Crippen LogP contribution >= 0.6 is 0 Å². The van der Waals surface area contributed by atoms with E-state index in [-0.39, 0.29) is 25.8 Å². The van der Waals surface area contributed by atoms with Crippen molar-refractivity contribution in [1.29, 1.82) is 0 Å². The van der Waals surface area contributed by atoms with Crippen LogP contribution in [-0.4, -0.2) is 46.9 Å². The summed E-state index contributed by atoms with van der Waals surface area (Å²) in [5.74, 6) is 0.0503. The molecule has 1 amide bonds. The first kappa shape index (κ1) is 17.6. The third-order valence-corrected chi connectivity index (χ3v) is 8.99. The third kappa shape index (κ3) is 2.94. The van der Waals surface area contributed by atoms with Crippen LogP contribution in [0.1, 0.15) is 18.4 Å². The number of benzene rings is 2. The molecule has 0 spiro atoms. The summed E-state index contributed by atoms with van der Waals surface area (Å²) in [4.78, 5) is 14.4. The van der Waals surface area contributed by atoms with Crippen LogP contribution in [0, 0.1) is 6.92 Å². The molecule has 1 atom stereocenters. The summed E-state index contributed by atoms with van der Waals surface area (Å²) in [7, 11) is -3.75. The number of carbonyl (C=O) groups is 1. The number of aryl methyl sites for hydroxylation is 1. The summed E-state index contributed by atoms with van der Waals surface area (Å²) in [6.45, 7) is 2.56. The Kier molecular flexibility index (Phi) is 4.55. The molecule has 2 heterocycles. The summed E-state index contributed by atoms with van der Waals surface area (Å²) in [5.41, 5.74) is 1.72. The van der Waals surface area contributed by atoms with Gasteiger partial charge < -0.3 is 0 Å². The van der Waals surface area contributed by atoms with Crippen molar-refractivity contribution < 1.29 is 13.2 Å². The first-order valence-corrected chi connectivity index (χ1v) is 12.1. The van der Waals surface area contributed by atoms with Crippen LogP contribution in [0.3, 0.4) is 0 Å². The second kappa shape index (κ2) is 6.72. The van der Waals surface area contributed by atoms with Crippen LogP contribution in [0.25, 0.3) is 0 Å². The Hall–Kier alpha value is -1.82. The van der Waals surface area contributed by atoms with Crippen LogP contribution < -0.4 is 8.77 Å². The van der Waals surface area contributed by atoms with Crippen molar-refractivity contribution in [3.05, 3.63) is 54.1 Å². The summed E-state index contributed by atoms with van der Waals surface area (Å²) in [6, 6.07) is 14.6. The van der Waals surface area contributed by atoms with Crippen LogP contribution in [0.15, 0.2) is 53.4 Å². The van der Waals surface area contributed by atoms with Gasteiger partial charge in [0, 0.05) is 0 Å². The number of rotatable bonds is 3. The number of amides is 1. The molecule has 0 aliphatic carbocycles. The number of hydrogen-bond donors (Lipinski definition) is 0. The zero-order valence-electron chi connectivity index (χ0n) is 14.5. The fraction of sp³-hybridized carbons (Fsp3) is 0.316. The van der Waals surface area contributed by atoms with E-state index in [4.69, 9.17) is 0 Å². The fourth-order valence-electron chi connectivity index (χ4n) is 3.47. The third-order valence-electron chi connectivity index (χ3n) is 4.81. The summed E-state index contributed by atoms with van der Waals surface area (Å²) in [6.07, 6.45) is 0.873. The first-order valence-electron chi connectivity index (χ1n) is 8.61. The second-order valence-electron chi connectivity index (χ2n) is 6.56. The van der Waals surface area contributed by atoms with Gasteiger partial charge in [-0.3, -0.25) is 0 Å². The van der Waals surface area contributed by atoms with Crippen LogP contribution in [-0.2, 0) is 14.8 Å². The number of nitrogens with zero attached hydrogens (tertiary/aromatic N) is 2. The van der Waals surface area contributed by atoms with Crippen molar-refractivity contribution in [2.24, 2.45) is 0 Å². The van der Waals surface area contributed by atoms with Gasteiger partial charge in [-0.25, -0.2) is 0 Å². The fourth-order valence-corrected chi connectivity index (χ4v) is 7.85. The standard InChI is InChI=1S/C19H20N2O3SSe/c1-14-8-10-15(11-9-14)25(23,24)21-16-5-2-3-6-17(16)26-13-18(21)20-12-4-7-19(20)22/h2-3,5-6,8-11,18H,4,7,12-13H2,1H3. The van der Waals surface area contributed by atoms with Gasteiger partial charge in [-0.2, -0.15) is 0 Å². The molecule has 0 bridgehead atoms. The van der Waals surface area contributed by atoms with E-state index < -0.39 is 16.2 Å². The maximum atomic E-state index is 13.5. The Bertz CT molecular complexity index is 944. The number of hydrogen-bond acceptors (Lipinski definition) is 3. The van der Waals surface area contributed by atoms with E-state index in [2.05, 4.69) is 0 Å². The van der Waals surface area contributed by atoms with E-state index >= 15 is 0 Å². The second-order valence-corrected chi connectivity index (χ2v) is 10.6. The topological polar surface area (TPSA) is 57.7 Å². The van der Waals surface area contributed by atoms with Gasteiger partial charge >= 0.3 is 160 Å². The van der Waals surface area contributed by atoms with Crippen LogP contribution in [0.2, 0.25) is 5.32 Å². The molecule has 1 saturated heterocycles. The summed E-state index contributed by atoms with van der Waals surface area (Å²) in [5, 5.41) is 0.681. The van der Waals surface area contributed by atoms with Gasteiger partial charge in [-0.05, 0) is 0 Å². The van der Waals surface area contributed by atoms with Crippen LogP contribution in [0.4, 0.5) is 5.69 Å². The minimum atomic E-state index is -3.75. The van der Waals surface area contributed by atoms with Gasteiger partial charge in [0.25, 0.3) is 0 Å². The molecular formula is C19H20N2O3SSe. The van der Waals surface area contributed by atoms with Gasteiger partial charge in [-0.15, -0.1) is 0 Å². The van der Waals surface area contributed by atoms with Gasteiger partial charge in [0.1, 0.15) is 0 Å². The molecule has 136 valence electrons. The monoisotopic (exact) mass is 436 g/mol. The average molecular weight is 435 g/mol. The molecular weight excluding hydrogens is 415 g/mol. The number of fused-ring (bicyclic) bond motifs is 1. The van der Waals surface area contributed by atoms with Crippen molar-refractivity contribution >= 4 is 41.0 Å². The van der Waals surface area contributed by atoms with E-state index in [0.29, 0.717) is 24.0 Å². The van der Waals surface area contributed by atoms with Crippen molar-refractivity contribution in [2.75, 3.05) is 10.8 Å². The molecule has 7 heteroatoms. The Morgan fingerprint density at radius 3 is 2.50 bits per heavy atom. The number of sulfonamides is 1. The molecule has 2 aliphatic rings. The molecule has 2 aromatic rings. The van der Waals surface area contributed by atoms with Crippen LogP contribution in [0.5, 0.6) is 0 Å². The number of likely N-dealkylation sites (tertiary alicyclic amines) is 1. The molecule has 2 aliphatic heterocycles. The van der Waals surface area contributed by atoms with Gasteiger partial charge in [0.15, 0.2) is 0 Å². The normalized spacial score (nSPS) is 20.3. The molecule has 0 aromatic heterocycles. The number of anilines is 1. The minimum absolute atomic E-state index is 0.0503. The molecule has 26 heavy (non-hydrogen) atoms. The first-order chi connectivity index (χ1) is 12.5. The predicted octanol–water partition coefficient (Wildman–Crippen LogP) is 1.90. The maximum absolute atomic E-state index is 13.5. The zero-order chi connectivity index (χ0) is 18.3. The summed E-state index contributed by atoms with van der Waals surface area (Å²) >= 11 is 0.142. The van der Waals surface area contributed by atoms with E-state index in [9.17, 15) is 13.2 Å². The molecule has 5 nitrogen and oxygen atoms in total. The Morgan fingerprint density at radius 2 is 1.81 bits per heavy atom. The Balaban J connectivity index is 1.84. The quantitative estimate of drug-likeness (QED) is 0.693. The SMILES string of the molecule is Cc1ccc(S(=O)(=O)N2c3ccccc3[Se]CC2N2CCCC2=O)cc1. The predicted molar refractivity (Wildman–Crippen MR) is 102 cm³/mol. The molecule has 1 unspecified atom stereocenters. The Morgan fingerprint density at radius 1 is 1.08 bits per heavy atom. The van der Waals surface area contributed by atoms with E-state index in [1.165, 1.54) is 4.31 Å². The van der Waals surface area contributed by atoms with E-state index in [0.717, 1.165) is 16.4 Å². The summed E-state index contributed by atoms with van der Waals surface area (Å²) < 4.78 is 29.6. The average Bonchev–Trinajstić information content (AvgIpc) is 3.07. The van der Waals surface area contributed by atoms with Crippen molar-refractivity contribution in [2.45, 2.75) is 36.1 Å². The van der Waals surface area contributed by atoms with Crippen molar-refractivity contribution in [3.8, 4) is 0 Å². The zero-order valence-corrected chi connectivity index (χ0v) is 17.0. The molecule has 1 fully saturated rings. The molecule has 0 saturated carbocycles. The number of carbonyl (C=O) groups excluding carboxylic acids is 1. The van der Waals surface area contributed by atoms with Gasteiger partial charge in [-0.1, -0.05) is 0 Å². The molecule has 0 N–H and O–H groups in total. The van der Waals surface area contributed by atoms with Crippen molar-refractivity contribution in [1.82, 2.24) is 4.90 Å². The number of para-hydroxylation sites is 1. The van der Waals surface area contributed by atoms with E-state index in [1.54, 1.807) is 17.0 Å². The molecule has 0 radical (unpaired) electrons. The van der Waals surface area contributed by atoms with Gasteiger partial charge in [0.05, 0.1) is 0 Å². The van der Waals surface area contributed by atoms with Gasteiger partial charge in [0.2, 0.25) is 0 Å². The molecule has 2 aromatic carbocycles.